The molecule has 3 aromatic rings. The number of rotatable bonds is 4. The first-order valence-corrected chi connectivity index (χ1v) is 11.3. The van der Waals surface area contributed by atoms with Crippen molar-refractivity contribution in [2.45, 2.75) is 18.4 Å². The summed E-state index contributed by atoms with van der Waals surface area (Å²) < 4.78 is 1.69. The largest absolute Gasteiger partial charge is 0.388 e. The number of nitrogens with one attached hydrogen (secondary N) is 1. The second-order valence-corrected chi connectivity index (χ2v) is 8.84. The van der Waals surface area contributed by atoms with Crippen LogP contribution in [0, 0.1) is 11.3 Å². The maximum Gasteiger partial charge on any atom is 0.273 e. The maximum atomic E-state index is 13.2. The lowest BCUT2D eigenvalue weighted by molar-refractivity contribution is -0.0369. The molecule has 0 atom stereocenters. The number of amides is 2. The molecule has 34 heavy (non-hydrogen) atoms. The number of piperidine rings is 1. The van der Waals surface area contributed by atoms with E-state index in [1.54, 1.807) is 44.9 Å². The molecular weight excluding hydrogens is 430 g/mol. The average Bonchev–Trinajstić information content (AvgIpc) is 3.36. The summed E-state index contributed by atoms with van der Waals surface area (Å²) in [4.78, 5) is 29.3. The molecule has 0 saturated carbocycles. The Morgan fingerprint density at radius 2 is 1.88 bits per heavy atom. The fourth-order valence-corrected chi connectivity index (χ4v) is 4.69. The number of nitriles is 1. The molecule has 1 fully saturated rings. The first-order valence-electron chi connectivity index (χ1n) is 11.3. The van der Waals surface area contributed by atoms with Crippen LogP contribution < -0.4 is 5.43 Å². The van der Waals surface area contributed by atoms with E-state index < -0.39 is 5.60 Å². The molecule has 1 saturated heterocycles. The van der Waals surface area contributed by atoms with Gasteiger partial charge in [-0.3, -0.25) is 14.3 Å². The minimum absolute atomic E-state index is 0.105. The van der Waals surface area contributed by atoms with E-state index in [0.717, 1.165) is 11.1 Å². The van der Waals surface area contributed by atoms with E-state index in [1.165, 1.54) is 0 Å². The van der Waals surface area contributed by atoms with Gasteiger partial charge in [-0.15, -0.1) is 0 Å². The third-order valence-electron chi connectivity index (χ3n) is 6.62. The van der Waals surface area contributed by atoms with Crippen LogP contribution in [-0.4, -0.2) is 63.3 Å². The van der Waals surface area contributed by atoms with Crippen LogP contribution >= 0.6 is 0 Å². The Morgan fingerprint density at radius 1 is 1.09 bits per heavy atom. The number of hydrogen-bond acceptors (Lipinski definition) is 5. The Balaban J connectivity index is 1.25. The second-order valence-electron chi connectivity index (χ2n) is 8.84. The molecule has 2 aliphatic rings. The van der Waals surface area contributed by atoms with Crippen LogP contribution in [0.25, 0.3) is 11.1 Å². The van der Waals surface area contributed by atoms with Crippen molar-refractivity contribution in [3.8, 4) is 17.2 Å². The molecule has 2 aromatic carbocycles. The fraction of sp³-hybridized carbons (Fsp3) is 0.269. The maximum absolute atomic E-state index is 13.2. The zero-order valence-corrected chi connectivity index (χ0v) is 18.6. The normalized spacial score (nSPS) is 17.0. The summed E-state index contributed by atoms with van der Waals surface area (Å²) in [5, 5.41) is 20.6. The minimum Gasteiger partial charge on any atom is -0.388 e. The predicted octanol–water partition coefficient (Wildman–Crippen LogP) is 2.65. The zero-order chi connectivity index (χ0) is 23.7. The molecule has 0 aliphatic carbocycles. The summed E-state index contributed by atoms with van der Waals surface area (Å²) in [6, 6.07) is 20.4. The highest BCUT2D eigenvalue weighted by Gasteiger charge is 2.38. The van der Waals surface area contributed by atoms with Crippen LogP contribution in [0.4, 0.5) is 0 Å². The molecule has 172 valence electrons. The molecule has 2 amide bonds. The minimum atomic E-state index is -1.05. The SMILES string of the molecule is N#Cc1ccccc1-c1cccc(C(=O)N2CCC(O)(CN3CNn4cccc4C3=O)CC2)c1. The molecule has 0 unspecified atom stereocenters. The quantitative estimate of drug-likeness (QED) is 0.630. The molecule has 2 N–H and O–H groups in total. The Hall–Kier alpha value is -4.09. The van der Waals surface area contributed by atoms with Gasteiger partial charge in [0.2, 0.25) is 0 Å². The van der Waals surface area contributed by atoms with E-state index in [9.17, 15) is 20.0 Å². The number of carbonyl (C=O) groups is 2. The van der Waals surface area contributed by atoms with Gasteiger partial charge in [-0.05, 0) is 54.3 Å². The van der Waals surface area contributed by atoms with Crippen molar-refractivity contribution in [1.29, 1.82) is 5.26 Å². The molecule has 8 nitrogen and oxygen atoms in total. The van der Waals surface area contributed by atoms with Crippen LogP contribution in [0.5, 0.6) is 0 Å². The third kappa shape index (κ3) is 4.02. The number of aliphatic hydroxyl groups is 1. The van der Waals surface area contributed by atoms with Crippen molar-refractivity contribution in [2.24, 2.45) is 0 Å². The summed E-state index contributed by atoms with van der Waals surface area (Å²) >= 11 is 0. The van der Waals surface area contributed by atoms with E-state index in [-0.39, 0.29) is 18.4 Å². The third-order valence-corrected chi connectivity index (χ3v) is 6.62. The molecule has 2 aliphatic heterocycles. The Bertz CT molecular complexity index is 1280. The number of aromatic nitrogens is 1. The molecule has 0 spiro atoms. The molecule has 3 heterocycles. The van der Waals surface area contributed by atoms with Gasteiger partial charge in [-0.25, -0.2) is 0 Å². The van der Waals surface area contributed by atoms with Crippen molar-refractivity contribution < 1.29 is 14.7 Å². The van der Waals surface area contributed by atoms with E-state index >= 15 is 0 Å². The summed E-state index contributed by atoms with van der Waals surface area (Å²) in [6.45, 7) is 1.34. The summed E-state index contributed by atoms with van der Waals surface area (Å²) in [5.74, 6) is -0.225. The van der Waals surface area contributed by atoms with Crippen molar-refractivity contribution in [3.63, 3.8) is 0 Å². The summed E-state index contributed by atoms with van der Waals surface area (Å²) in [7, 11) is 0. The highest BCUT2D eigenvalue weighted by molar-refractivity contribution is 5.96. The Morgan fingerprint density at radius 3 is 2.68 bits per heavy atom. The van der Waals surface area contributed by atoms with Gasteiger partial charge < -0.3 is 20.3 Å². The van der Waals surface area contributed by atoms with Crippen LogP contribution in [0.1, 0.15) is 39.3 Å². The van der Waals surface area contributed by atoms with Gasteiger partial charge >= 0.3 is 0 Å². The molecular formula is C26H25N5O3. The van der Waals surface area contributed by atoms with Crippen LogP contribution in [0.15, 0.2) is 66.9 Å². The number of fused-ring (bicyclic) bond motifs is 1. The summed E-state index contributed by atoms with van der Waals surface area (Å²) in [5.41, 5.74) is 5.34. The number of hydrogen-bond donors (Lipinski definition) is 2. The zero-order valence-electron chi connectivity index (χ0n) is 18.6. The highest BCUT2D eigenvalue weighted by Crippen LogP contribution is 2.28. The molecule has 8 heteroatoms. The van der Waals surface area contributed by atoms with Crippen molar-refractivity contribution in [2.75, 3.05) is 31.7 Å². The number of β-amino-alcohol motifs (C(OH)–C–C–N with tert-alkyl or cyclic N) is 1. The van der Waals surface area contributed by atoms with Gasteiger partial charge in [-0.1, -0.05) is 30.3 Å². The Labute approximate surface area is 197 Å². The van der Waals surface area contributed by atoms with Crippen molar-refractivity contribution >= 4 is 11.8 Å². The van der Waals surface area contributed by atoms with Gasteiger partial charge in [0.05, 0.1) is 23.8 Å². The second kappa shape index (κ2) is 8.69. The van der Waals surface area contributed by atoms with E-state index in [2.05, 4.69) is 11.5 Å². The number of benzene rings is 2. The van der Waals surface area contributed by atoms with Crippen molar-refractivity contribution in [1.82, 2.24) is 14.5 Å². The van der Waals surface area contributed by atoms with Gasteiger partial charge in [0, 0.05) is 24.8 Å². The predicted molar refractivity (Wildman–Crippen MR) is 126 cm³/mol. The number of likely N-dealkylation sites (tertiary alicyclic amines) is 1. The van der Waals surface area contributed by atoms with E-state index in [4.69, 9.17) is 0 Å². The fourth-order valence-electron chi connectivity index (χ4n) is 4.69. The van der Waals surface area contributed by atoms with Crippen LogP contribution in [-0.2, 0) is 0 Å². The van der Waals surface area contributed by atoms with Crippen LogP contribution in [0.3, 0.4) is 0 Å². The van der Waals surface area contributed by atoms with Crippen LogP contribution in [0.2, 0.25) is 0 Å². The van der Waals surface area contributed by atoms with Gasteiger partial charge in [-0.2, -0.15) is 5.26 Å². The first kappa shape index (κ1) is 21.7. The lowest BCUT2D eigenvalue weighted by atomic mass is 9.90. The van der Waals surface area contributed by atoms with E-state index in [1.807, 2.05) is 36.4 Å². The Kier molecular flexibility index (Phi) is 5.56. The molecule has 0 bridgehead atoms. The topological polar surface area (TPSA) is 102 Å². The number of carbonyl (C=O) groups excluding carboxylic acids is 2. The highest BCUT2D eigenvalue weighted by atomic mass is 16.3. The lowest BCUT2D eigenvalue weighted by Crippen LogP contribution is -2.56. The summed E-state index contributed by atoms with van der Waals surface area (Å²) in [6.07, 6.45) is 2.57. The van der Waals surface area contributed by atoms with Gasteiger partial charge in [0.15, 0.2) is 0 Å². The molecule has 1 aromatic heterocycles. The lowest BCUT2D eigenvalue weighted by Gasteiger charge is -2.42. The smallest absolute Gasteiger partial charge is 0.273 e. The van der Waals surface area contributed by atoms with Gasteiger partial charge in [0.1, 0.15) is 12.4 Å². The molecule has 0 radical (unpaired) electrons. The average molecular weight is 456 g/mol. The molecule has 5 rings (SSSR count). The van der Waals surface area contributed by atoms with Crippen molar-refractivity contribution in [3.05, 3.63) is 83.7 Å². The van der Waals surface area contributed by atoms with E-state index in [0.29, 0.717) is 49.4 Å². The first-order chi connectivity index (χ1) is 16.5. The number of nitrogens with zero attached hydrogens (tertiary/aromatic N) is 4. The monoisotopic (exact) mass is 455 g/mol. The van der Waals surface area contributed by atoms with Gasteiger partial charge in [0.25, 0.3) is 11.8 Å². The standard InChI is InChI=1S/C26H25N5O3/c27-16-21-5-1-2-8-22(21)19-6-3-7-20(15-19)24(32)29-13-10-26(34,11-14-29)17-30-18-28-31-12-4-9-23(31)25(30)33/h1-9,12,15,28,34H,10-11,13-14,17-18H2.